The molecule has 0 bridgehead atoms. The summed E-state index contributed by atoms with van der Waals surface area (Å²) in [6.07, 6.45) is 0. The minimum atomic E-state index is -0.520. The number of aromatic nitrogens is 1. The van der Waals surface area contributed by atoms with Crippen molar-refractivity contribution in [1.82, 2.24) is 4.57 Å². The zero-order valence-electron chi connectivity index (χ0n) is 43.0. The highest BCUT2D eigenvalue weighted by Gasteiger charge is 2.31. The molecule has 0 saturated carbocycles. The van der Waals surface area contributed by atoms with Crippen LogP contribution in [0.15, 0.2) is 261 Å². The predicted molar refractivity (Wildman–Crippen MR) is 332 cm³/mol. The number of hydrogen-bond donors (Lipinski definition) is 0. The Morgan fingerprint density at radius 2 is 0.642 bits per heavy atom. The maximum absolute atomic E-state index is 16.7. The summed E-state index contributed by atoms with van der Waals surface area (Å²) in [5.74, 6) is -2.07. The highest BCUT2D eigenvalue weighted by atomic mass is 32.1. The molecule has 0 atom stereocenters. The number of benzene rings is 12. The highest BCUT2D eigenvalue weighted by Crippen LogP contribution is 2.56. The van der Waals surface area contributed by atoms with Gasteiger partial charge in [-0.1, -0.05) is 158 Å². The standard InChI is InChI=1S/C72H43F4N3S2/c73-53-25-9-13-29-57(53)78(58-30-14-10-26-54(58)74)61-42-63-70(72-67(61)51-23-7-17-33-65(51)81-72)69-62(77(63)50-37-35-46(36-38-50)49-40-47(44-19-3-1-4-20-44)39-48(41-49)45-21-5-2-6-22-45)43-64(71-68(69)52-24-8-18-34-66(52)80-71)79(59-31-15-11-27-55(59)75)60-32-16-12-28-56(60)76/h1-43H. The molecule has 0 aliphatic carbocycles. The van der Waals surface area contributed by atoms with Crippen LogP contribution in [0.1, 0.15) is 0 Å². The van der Waals surface area contributed by atoms with Gasteiger partial charge in [0, 0.05) is 52.1 Å². The van der Waals surface area contributed by atoms with Crippen LogP contribution < -0.4 is 9.80 Å². The zero-order valence-corrected chi connectivity index (χ0v) is 44.6. The third kappa shape index (κ3) is 7.99. The van der Waals surface area contributed by atoms with Gasteiger partial charge in [-0.2, -0.15) is 0 Å². The fourth-order valence-corrected chi connectivity index (χ4v) is 14.3. The van der Waals surface area contributed by atoms with E-state index >= 15 is 17.6 Å². The van der Waals surface area contributed by atoms with Crippen LogP contribution in [-0.2, 0) is 0 Å². The number of thiophene rings is 2. The second-order valence-electron chi connectivity index (χ2n) is 20.1. The molecule has 81 heavy (non-hydrogen) atoms. The molecule has 0 saturated heterocycles. The minimum Gasteiger partial charge on any atom is -0.309 e. The Balaban J connectivity index is 1.10. The number of anilines is 6. The topological polar surface area (TPSA) is 11.4 Å². The van der Waals surface area contributed by atoms with Crippen molar-refractivity contribution in [3.05, 3.63) is 284 Å². The van der Waals surface area contributed by atoms with Crippen molar-refractivity contribution < 1.29 is 17.6 Å². The normalized spacial score (nSPS) is 11.7. The average molecular weight is 1090 g/mol. The second-order valence-corrected chi connectivity index (χ2v) is 22.2. The third-order valence-corrected chi connectivity index (χ3v) is 17.8. The number of halogens is 4. The Kier molecular flexibility index (Phi) is 11.7. The first-order chi connectivity index (χ1) is 39.9. The summed E-state index contributed by atoms with van der Waals surface area (Å²) in [5.41, 5.74) is 10.6. The van der Waals surface area contributed by atoms with E-state index in [2.05, 4.69) is 132 Å². The average Bonchev–Trinajstić information content (AvgIpc) is 3.51. The number of rotatable bonds is 10. The van der Waals surface area contributed by atoms with E-state index in [4.69, 9.17) is 0 Å². The van der Waals surface area contributed by atoms with E-state index in [0.717, 1.165) is 101 Å². The van der Waals surface area contributed by atoms with Crippen molar-refractivity contribution in [2.24, 2.45) is 0 Å². The van der Waals surface area contributed by atoms with Crippen LogP contribution in [0.3, 0.4) is 0 Å². The SMILES string of the molecule is Fc1ccccc1N(c1ccccc1F)c1cc2c(c3c1sc1ccccc13)c1c3sc4ccccc4c3c(N(c3ccccc3F)c3ccccc3F)cc1n2-c1ccc(-c2cc(-c3ccccc3)cc(-c3ccccc3)c2)cc1. The van der Waals surface area contributed by atoms with Crippen molar-refractivity contribution >= 4 is 119 Å². The summed E-state index contributed by atoms with van der Waals surface area (Å²) in [5, 5.41) is 5.51. The lowest BCUT2D eigenvalue weighted by atomic mass is 9.93. The van der Waals surface area contributed by atoms with Crippen LogP contribution in [0.2, 0.25) is 0 Å². The monoisotopic (exact) mass is 1090 g/mol. The summed E-state index contributed by atoms with van der Waals surface area (Å²) in [6.45, 7) is 0. The lowest BCUT2D eigenvalue weighted by Gasteiger charge is -2.27. The van der Waals surface area contributed by atoms with E-state index in [-0.39, 0.29) is 22.7 Å². The molecule has 12 aromatic carbocycles. The maximum Gasteiger partial charge on any atom is 0.147 e. The second kappa shape index (κ2) is 19.5. The van der Waals surface area contributed by atoms with E-state index in [0.29, 0.717) is 11.4 Å². The fraction of sp³-hybridized carbons (Fsp3) is 0. The van der Waals surface area contributed by atoms with Gasteiger partial charge in [-0.3, -0.25) is 0 Å². The quantitative estimate of drug-likeness (QED) is 0.126. The largest absolute Gasteiger partial charge is 0.309 e. The Bertz CT molecular complexity index is 4800. The Hall–Kier alpha value is -9.80. The van der Waals surface area contributed by atoms with Gasteiger partial charge in [0.25, 0.3) is 0 Å². The van der Waals surface area contributed by atoms with Crippen molar-refractivity contribution in [3.63, 3.8) is 0 Å². The first-order valence-electron chi connectivity index (χ1n) is 26.6. The molecule has 0 amide bonds. The van der Waals surface area contributed by atoms with E-state index < -0.39 is 23.3 Å². The molecule has 386 valence electrons. The summed E-state index contributed by atoms with van der Waals surface area (Å²) in [6, 6.07) is 82.5. The molecule has 15 aromatic rings. The molecule has 3 nitrogen and oxygen atoms in total. The molecule has 3 heterocycles. The van der Waals surface area contributed by atoms with Gasteiger partial charge >= 0.3 is 0 Å². The summed E-state index contributed by atoms with van der Waals surface area (Å²) >= 11 is 3.21. The van der Waals surface area contributed by atoms with E-state index in [1.807, 2.05) is 36.4 Å². The predicted octanol–water partition coefficient (Wildman–Crippen LogP) is 22.0. The van der Waals surface area contributed by atoms with E-state index in [9.17, 15) is 0 Å². The van der Waals surface area contributed by atoms with Gasteiger partial charge in [-0.05, 0) is 137 Å². The molecule has 15 rings (SSSR count). The zero-order chi connectivity index (χ0) is 54.3. The Morgan fingerprint density at radius 1 is 0.272 bits per heavy atom. The smallest absolute Gasteiger partial charge is 0.147 e. The lowest BCUT2D eigenvalue weighted by molar-refractivity contribution is 0.619. The van der Waals surface area contributed by atoms with Gasteiger partial charge in [0.15, 0.2) is 0 Å². The molecule has 0 N–H and O–H groups in total. The summed E-state index contributed by atoms with van der Waals surface area (Å²) in [4.78, 5) is 3.41. The van der Waals surface area contributed by atoms with Gasteiger partial charge < -0.3 is 14.4 Å². The fourth-order valence-electron chi connectivity index (χ4n) is 11.8. The first kappa shape index (κ1) is 48.3. The third-order valence-electron chi connectivity index (χ3n) is 15.4. The molecule has 3 aromatic heterocycles. The van der Waals surface area contributed by atoms with Crippen LogP contribution >= 0.6 is 22.7 Å². The van der Waals surface area contributed by atoms with E-state index in [1.165, 1.54) is 24.3 Å². The molecule has 0 radical (unpaired) electrons. The highest BCUT2D eigenvalue weighted by molar-refractivity contribution is 7.27. The van der Waals surface area contributed by atoms with Gasteiger partial charge in [-0.15, -0.1) is 22.7 Å². The summed E-state index contributed by atoms with van der Waals surface area (Å²) in [7, 11) is 0. The maximum atomic E-state index is 16.7. The Labute approximate surface area is 471 Å². The summed E-state index contributed by atoms with van der Waals surface area (Å²) < 4.78 is 72.9. The van der Waals surface area contributed by atoms with Crippen molar-refractivity contribution in [3.8, 4) is 39.1 Å². The lowest BCUT2D eigenvalue weighted by Crippen LogP contribution is -2.14. The molecular weight excluding hydrogens is 1050 g/mol. The van der Waals surface area contributed by atoms with Crippen LogP contribution in [0, 0.1) is 23.3 Å². The number of nitrogens with zero attached hydrogens (tertiary/aromatic N) is 3. The van der Waals surface area contributed by atoms with Crippen molar-refractivity contribution in [1.29, 1.82) is 0 Å². The van der Waals surface area contributed by atoms with Gasteiger partial charge in [0.2, 0.25) is 0 Å². The Morgan fingerprint density at radius 3 is 1.12 bits per heavy atom. The molecule has 0 aliphatic heterocycles. The minimum absolute atomic E-state index is 0.178. The molecule has 0 spiro atoms. The number of fused-ring (bicyclic) bond motifs is 11. The van der Waals surface area contributed by atoms with Crippen LogP contribution in [0.25, 0.3) is 101 Å². The molecule has 0 unspecified atom stereocenters. The molecule has 0 aliphatic rings. The molecule has 9 heteroatoms. The van der Waals surface area contributed by atoms with Gasteiger partial charge in [-0.25, -0.2) is 17.6 Å². The van der Waals surface area contributed by atoms with Crippen molar-refractivity contribution in [2.45, 2.75) is 0 Å². The molecule has 0 fully saturated rings. The van der Waals surface area contributed by atoms with Gasteiger partial charge in [0.1, 0.15) is 23.3 Å². The molecular formula is C72H43F4N3S2. The number of para-hydroxylation sites is 4. The van der Waals surface area contributed by atoms with Crippen molar-refractivity contribution in [2.75, 3.05) is 9.80 Å². The van der Waals surface area contributed by atoms with Gasteiger partial charge in [0.05, 0.1) is 49.9 Å². The number of hydrogen-bond acceptors (Lipinski definition) is 4. The van der Waals surface area contributed by atoms with Crippen LogP contribution in [-0.4, -0.2) is 4.57 Å². The van der Waals surface area contributed by atoms with E-state index in [1.54, 1.807) is 105 Å². The van der Waals surface area contributed by atoms with Crippen LogP contribution in [0.5, 0.6) is 0 Å². The first-order valence-corrected chi connectivity index (χ1v) is 28.2. The van der Waals surface area contributed by atoms with Crippen LogP contribution in [0.4, 0.5) is 51.7 Å².